The summed E-state index contributed by atoms with van der Waals surface area (Å²) in [7, 11) is 0. The van der Waals surface area contributed by atoms with Crippen molar-refractivity contribution in [2.75, 3.05) is 0 Å². The lowest BCUT2D eigenvalue weighted by Gasteiger charge is -2.09. The van der Waals surface area contributed by atoms with Crippen LogP contribution in [-0.2, 0) is 12.8 Å². The van der Waals surface area contributed by atoms with Gasteiger partial charge in [0, 0.05) is 4.88 Å². The normalized spacial score (nSPS) is 15.1. The molecule has 0 aromatic carbocycles. The number of aromatic carboxylic acids is 1. The van der Waals surface area contributed by atoms with Gasteiger partial charge in [-0.25, -0.2) is 9.78 Å². The second kappa shape index (κ2) is 6.18. The predicted octanol–water partition coefficient (Wildman–Crippen LogP) is 3.27. The summed E-state index contributed by atoms with van der Waals surface area (Å²) in [5.74, 6) is -1.10. The van der Waals surface area contributed by atoms with Crippen molar-refractivity contribution in [1.29, 1.82) is 0 Å². The molecule has 1 unspecified atom stereocenters. The van der Waals surface area contributed by atoms with Crippen LogP contribution in [0.25, 0.3) is 0 Å². The first-order valence-electron chi connectivity index (χ1n) is 7.16. The zero-order chi connectivity index (χ0) is 15.7. The van der Waals surface area contributed by atoms with Crippen LogP contribution in [-0.4, -0.2) is 22.0 Å². The number of nitrogens with zero attached hydrogens (tertiary/aromatic N) is 1. The molecular weight excluding hydrogens is 320 g/mol. The van der Waals surface area contributed by atoms with Gasteiger partial charge in [0.15, 0.2) is 0 Å². The van der Waals surface area contributed by atoms with Crippen molar-refractivity contribution in [2.24, 2.45) is 0 Å². The molecule has 2 N–H and O–H groups in total. The number of amides is 1. The van der Waals surface area contributed by atoms with Gasteiger partial charge in [-0.05, 0) is 44.2 Å². The largest absolute Gasteiger partial charge is 0.477 e. The third-order valence-corrected chi connectivity index (χ3v) is 6.08. The Bertz CT molecular complexity index is 697. The molecule has 0 saturated heterocycles. The fraction of sp³-hybridized carbons (Fsp3) is 0.400. The van der Waals surface area contributed by atoms with E-state index in [2.05, 4.69) is 10.3 Å². The van der Waals surface area contributed by atoms with Crippen LogP contribution in [0.15, 0.2) is 12.3 Å². The van der Waals surface area contributed by atoms with Gasteiger partial charge in [0.05, 0.1) is 17.1 Å². The van der Waals surface area contributed by atoms with Gasteiger partial charge in [0.25, 0.3) is 5.91 Å². The zero-order valence-electron chi connectivity index (χ0n) is 12.1. The molecule has 3 rings (SSSR count). The minimum Gasteiger partial charge on any atom is -0.477 e. The van der Waals surface area contributed by atoms with Gasteiger partial charge in [0.1, 0.15) is 9.88 Å². The number of carboxylic acid groups (broad SMARTS) is 1. The summed E-state index contributed by atoms with van der Waals surface area (Å²) in [6.45, 7) is 1.82. The summed E-state index contributed by atoms with van der Waals surface area (Å²) in [6.07, 6.45) is 5.84. The highest BCUT2D eigenvalue weighted by Gasteiger charge is 2.20. The minimum absolute atomic E-state index is 0.112. The molecule has 2 aromatic rings. The van der Waals surface area contributed by atoms with Crippen LogP contribution in [0.5, 0.6) is 0 Å². The topological polar surface area (TPSA) is 79.3 Å². The highest BCUT2D eigenvalue weighted by atomic mass is 32.1. The molecule has 2 aromatic heterocycles. The average molecular weight is 336 g/mol. The molecule has 0 spiro atoms. The Morgan fingerprint density at radius 3 is 2.73 bits per heavy atom. The summed E-state index contributed by atoms with van der Waals surface area (Å²) in [5.41, 5.74) is 1.30. The highest BCUT2D eigenvalue weighted by molar-refractivity contribution is 7.14. The van der Waals surface area contributed by atoms with Gasteiger partial charge >= 0.3 is 5.97 Å². The first-order valence-corrected chi connectivity index (χ1v) is 8.79. The van der Waals surface area contributed by atoms with Crippen LogP contribution in [0.3, 0.4) is 0 Å². The van der Waals surface area contributed by atoms with Gasteiger partial charge in [-0.1, -0.05) is 0 Å². The zero-order valence-corrected chi connectivity index (χ0v) is 13.7. The molecule has 1 aliphatic rings. The maximum atomic E-state index is 12.3. The molecule has 1 amide bonds. The van der Waals surface area contributed by atoms with Crippen molar-refractivity contribution in [1.82, 2.24) is 10.3 Å². The Morgan fingerprint density at radius 2 is 2.05 bits per heavy atom. The maximum absolute atomic E-state index is 12.3. The molecule has 1 aliphatic carbocycles. The van der Waals surface area contributed by atoms with E-state index in [1.807, 2.05) is 13.0 Å². The van der Waals surface area contributed by atoms with Crippen molar-refractivity contribution in [3.05, 3.63) is 37.5 Å². The summed E-state index contributed by atoms with van der Waals surface area (Å²) < 4.78 is 0. The van der Waals surface area contributed by atoms with Gasteiger partial charge in [0.2, 0.25) is 0 Å². The lowest BCUT2D eigenvalue weighted by molar-refractivity contribution is 0.0701. The lowest BCUT2D eigenvalue weighted by Crippen LogP contribution is -2.25. The Balaban J connectivity index is 1.70. The molecule has 1 atom stereocenters. The second-order valence-electron chi connectivity index (χ2n) is 5.33. The fourth-order valence-corrected chi connectivity index (χ4v) is 4.43. The average Bonchev–Trinajstić information content (AvgIpc) is 3.14. The first-order chi connectivity index (χ1) is 10.5. The summed E-state index contributed by atoms with van der Waals surface area (Å²) in [4.78, 5) is 29.5. The molecule has 0 aliphatic heterocycles. The van der Waals surface area contributed by atoms with E-state index in [1.165, 1.54) is 29.5 Å². The number of aromatic nitrogens is 1. The van der Waals surface area contributed by atoms with Crippen LogP contribution in [0.2, 0.25) is 0 Å². The number of carbonyl (C=O) groups excluding carboxylic acids is 1. The SMILES string of the molecule is CC(NC(=O)c1cc2c(s1)CCCC2)c1ncc(C(=O)O)s1. The van der Waals surface area contributed by atoms with Crippen LogP contribution in [0, 0.1) is 0 Å². The third-order valence-electron chi connectivity index (χ3n) is 3.67. The Hall–Kier alpha value is -1.73. The van der Waals surface area contributed by atoms with Gasteiger partial charge < -0.3 is 10.4 Å². The van der Waals surface area contributed by atoms with E-state index in [0.29, 0.717) is 5.01 Å². The van der Waals surface area contributed by atoms with E-state index in [4.69, 9.17) is 5.11 Å². The van der Waals surface area contributed by atoms with Gasteiger partial charge in [-0.2, -0.15) is 0 Å². The quantitative estimate of drug-likeness (QED) is 0.898. The number of thiazole rings is 1. The summed E-state index contributed by atoms with van der Waals surface area (Å²) >= 11 is 2.66. The van der Waals surface area contributed by atoms with Crippen molar-refractivity contribution >= 4 is 34.6 Å². The Kier molecular flexibility index (Phi) is 4.26. The van der Waals surface area contributed by atoms with E-state index >= 15 is 0 Å². The van der Waals surface area contributed by atoms with Crippen molar-refractivity contribution < 1.29 is 14.7 Å². The smallest absolute Gasteiger partial charge is 0.347 e. The van der Waals surface area contributed by atoms with Crippen molar-refractivity contribution in [2.45, 2.75) is 38.6 Å². The number of nitrogens with one attached hydrogen (secondary N) is 1. The molecule has 5 nitrogen and oxygen atoms in total. The Morgan fingerprint density at radius 1 is 1.27 bits per heavy atom. The maximum Gasteiger partial charge on any atom is 0.347 e. The summed E-state index contributed by atoms with van der Waals surface area (Å²) in [6, 6.07) is 1.69. The van der Waals surface area contributed by atoms with Crippen LogP contribution in [0.1, 0.15) is 60.6 Å². The number of thiophene rings is 1. The molecular formula is C15H16N2O3S2. The standard InChI is InChI=1S/C15H16N2O3S2/c1-8(14-16-7-12(22-14)15(19)20)17-13(18)11-6-9-4-2-3-5-10(9)21-11/h6-8H,2-5H2,1H3,(H,17,18)(H,19,20). The monoisotopic (exact) mass is 336 g/mol. The highest BCUT2D eigenvalue weighted by Crippen LogP contribution is 2.30. The number of hydrogen-bond acceptors (Lipinski definition) is 5. The van der Waals surface area contributed by atoms with Gasteiger partial charge in [-0.3, -0.25) is 4.79 Å². The van der Waals surface area contributed by atoms with E-state index < -0.39 is 5.97 Å². The molecule has 0 saturated carbocycles. The Labute approximate surface area is 136 Å². The number of hydrogen-bond donors (Lipinski definition) is 2. The number of carbonyl (C=O) groups is 2. The summed E-state index contributed by atoms with van der Waals surface area (Å²) in [5, 5.41) is 12.4. The molecule has 0 bridgehead atoms. The molecule has 0 radical (unpaired) electrons. The van der Waals surface area contributed by atoms with E-state index in [9.17, 15) is 9.59 Å². The number of aryl methyl sites for hydroxylation is 2. The third kappa shape index (κ3) is 3.05. The number of carboxylic acids is 1. The van der Waals surface area contributed by atoms with Crippen LogP contribution >= 0.6 is 22.7 Å². The minimum atomic E-state index is -0.992. The molecule has 2 heterocycles. The van der Waals surface area contributed by atoms with Crippen molar-refractivity contribution in [3.8, 4) is 0 Å². The van der Waals surface area contributed by atoms with E-state index in [0.717, 1.165) is 29.1 Å². The number of rotatable bonds is 4. The fourth-order valence-electron chi connectivity index (χ4n) is 2.52. The molecule has 0 fully saturated rings. The first kappa shape index (κ1) is 15.2. The van der Waals surface area contributed by atoms with E-state index in [-0.39, 0.29) is 16.8 Å². The second-order valence-corrected chi connectivity index (χ2v) is 7.53. The molecule has 7 heteroatoms. The van der Waals surface area contributed by atoms with Gasteiger partial charge in [-0.15, -0.1) is 22.7 Å². The molecule has 22 heavy (non-hydrogen) atoms. The van der Waals surface area contributed by atoms with Crippen molar-refractivity contribution in [3.63, 3.8) is 0 Å². The van der Waals surface area contributed by atoms with Crippen LogP contribution in [0.4, 0.5) is 0 Å². The van der Waals surface area contributed by atoms with Crippen LogP contribution < -0.4 is 5.32 Å². The predicted molar refractivity (Wildman–Crippen MR) is 85.9 cm³/mol. The molecule has 116 valence electrons. The van der Waals surface area contributed by atoms with E-state index in [1.54, 1.807) is 11.3 Å². The number of fused-ring (bicyclic) bond motifs is 1. The lowest BCUT2D eigenvalue weighted by atomic mass is 9.99.